The van der Waals surface area contributed by atoms with Crippen LogP contribution < -0.4 is 4.57 Å². The van der Waals surface area contributed by atoms with Crippen LogP contribution in [0.25, 0.3) is 21.5 Å². The molecular formula is C19H16Cl2N2Ru. The zero-order valence-electron chi connectivity index (χ0n) is 13.1. The van der Waals surface area contributed by atoms with E-state index in [9.17, 15) is 0 Å². The number of hydrogen-bond donors (Lipinski definition) is 0. The van der Waals surface area contributed by atoms with Gasteiger partial charge in [-0.25, -0.2) is 0 Å². The third-order valence-corrected chi connectivity index (χ3v) is 3.97. The third-order valence-electron chi connectivity index (χ3n) is 3.97. The Balaban J connectivity index is 0.000000526. The van der Waals surface area contributed by atoms with Gasteiger partial charge in [0.15, 0.2) is 0 Å². The standard InChI is InChI=1S/C19H16N2.2ClH.Ru/c1-20-10-11-21(14-20)13-19-17-8-4-2-6-15(17)12-16-7-3-5-9-18(16)19;;;/h2-12H,13H2,1H3;2*1H;/q;;;+2/p-2. The van der Waals surface area contributed by atoms with Gasteiger partial charge in [-0.1, -0.05) is 48.5 Å². The molecule has 0 N–H and O–H groups in total. The molecule has 0 saturated heterocycles. The molecule has 4 aromatic rings. The summed E-state index contributed by atoms with van der Waals surface area (Å²) < 4.78 is 4.06. The first-order chi connectivity index (χ1) is 11.7. The average Bonchev–Trinajstić information content (AvgIpc) is 3.00. The summed E-state index contributed by atoms with van der Waals surface area (Å²) in [5.41, 5.74) is 1.36. The van der Waals surface area contributed by atoms with Crippen molar-refractivity contribution < 1.29 is 19.7 Å². The molecule has 4 rings (SSSR count). The predicted molar refractivity (Wildman–Crippen MR) is 96.7 cm³/mol. The number of benzene rings is 3. The zero-order valence-corrected chi connectivity index (χ0v) is 16.3. The SMILES string of the molecule is Cn1[c-][n+](Cc2c3ccccc3cc3ccccc23)cc1.[Cl][Ru][Cl]. The number of halogens is 2. The summed E-state index contributed by atoms with van der Waals surface area (Å²) in [4.78, 5) is 0. The second-order valence-corrected chi connectivity index (χ2v) is 8.12. The maximum atomic E-state index is 4.85. The third kappa shape index (κ3) is 3.80. The minimum atomic E-state index is -0.346. The number of fused-ring (bicyclic) bond motifs is 2. The number of imidazole rings is 1. The van der Waals surface area contributed by atoms with Crippen molar-refractivity contribution in [2.45, 2.75) is 6.54 Å². The number of aromatic nitrogens is 2. The van der Waals surface area contributed by atoms with Crippen LogP contribution in [0.1, 0.15) is 5.56 Å². The molecular weight excluding hydrogens is 428 g/mol. The van der Waals surface area contributed by atoms with Crippen molar-refractivity contribution >= 4 is 40.9 Å². The van der Waals surface area contributed by atoms with Crippen LogP contribution in [0.2, 0.25) is 0 Å². The van der Waals surface area contributed by atoms with Crippen molar-refractivity contribution in [3.63, 3.8) is 0 Å². The molecule has 0 unspecified atom stereocenters. The molecule has 1 aromatic heterocycles. The van der Waals surface area contributed by atoms with E-state index in [4.69, 9.17) is 19.4 Å². The van der Waals surface area contributed by atoms with Crippen LogP contribution in [-0.4, -0.2) is 4.57 Å². The molecule has 5 heteroatoms. The molecule has 0 fully saturated rings. The van der Waals surface area contributed by atoms with Gasteiger partial charge >= 0.3 is 34.5 Å². The van der Waals surface area contributed by atoms with Gasteiger partial charge < -0.3 is 9.13 Å². The molecule has 0 saturated carbocycles. The molecule has 0 amide bonds. The van der Waals surface area contributed by atoms with Crippen molar-refractivity contribution in [1.29, 1.82) is 0 Å². The summed E-state index contributed by atoms with van der Waals surface area (Å²) in [5, 5.41) is 5.23. The number of aryl methyl sites for hydroxylation is 1. The Kier molecular flexibility index (Phi) is 5.89. The van der Waals surface area contributed by atoms with Gasteiger partial charge in [0.25, 0.3) is 0 Å². The van der Waals surface area contributed by atoms with Crippen LogP contribution in [0.5, 0.6) is 0 Å². The summed E-state index contributed by atoms with van der Waals surface area (Å²) in [6.45, 7) is 0.836. The van der Waals surface area contributed by atoms with E-state index in [1.54, 1.807) is 0 Å². The van der Waals surface area contributed by atoms with Crippen molar-refractivity contribution in [2.24, 2.45) is 7.05 Å². The van der Waals surface area contributed by atoms with Crippen molar-refractivity contribution in [2.75, 3.05) is 0 Å². The Morgan fingerprint density at radius 1 is 1.00 bits per heavy atom. The van der Waals surface area contributed by atoms with Crippen LogP contribution >= 0.6 is 19.4 Å². The van der Waals surface area contributed by atoms with E-state index in [0.29, 0.717) is 0 Å². The van der Waals surface area contributed by atoms with Crippen LogP contribution in [0.4, 0.5) is 0 Å². The van der Waals surface area contributed by atoms with E-state index in [2.05, 4.69) is 71.7 Å². The van der Waals surface area contributed by atoms with Crippen molar-refractivity contribution in [3.05, 3.63) is 78.9 Å². The molecule has 0 aliphatic rings. The Bertz CT molecular complexity index is 912. The molecule has 0 aliphatic heterocycles. The summed E-state index contributed by atoms with van der Waals surface area (Å²) in [6, 6.07) is 19.5. The van der Waals surface area contributed by atoms with E-state index in [-0.39, 0.29) is 15.1 Å². The van der Waals surface area contributed by atoms with E-state index < -0.39 is 0 Å². The van der Waals surface area contributed by atoms with Gasteiger partial charge in [0.2, 0.25) is 6.33 Å². The van der Waals surface area contributed by atoms with Gasteiger partial charge in [0.05, 0.1) is 13.6 Å². The van der Waals surface area contributed by atoms with Crippen LogP contribution in [0, 0.1) is 6.33 Å². The molecule has 1 heterocycles. The second kappa shape index (κ2) is 8.11. The van der Waals surface area contributed by atoms with E-state index in [1.807, 2.05) is 17.8 Å². The number of hydrogen-bond acceptors (Lipinski definition) is 0. The first-order valence-electron chi connectivity index (χ1n) is 7.41. The quantitative estimate of drug-likeness (QED) is 0.181. The summed E-state index contributed by atoms with van der Waals surface area (Å²) in [6.07, 6.45) is 7.37. The second-order valence-electron chi connectivity index (χ2n) is 5.48. The molecule has 0 radical (unpaired) electrons. The summed E-state index contributed by atoms with van der Waals surface area (Å²) in [7, 11) is 11.7. The average molecular weight is 444 g/mol. The fourth-order valence-corrected chi connectivity index (χ4v) is 2.99. The van der Waals surface area contributed by atoms with Gasteiger partial charge in [-0.2, -0.15) is 0 Å². The molecule has 0 bridgehead atoms. The van der Waals surface area contributed by atoms with Crippen molar-refractivity contribution in [1.82, 2.24) is 4.57 Å². The summed E-state index contributed by atoms with van der Waals surface area (Å²) in [5.74, 6) is 0. The number of nitrogens with zero attached hydrogens (tertiary/aromatic N) is 2. The van der Waals surface area contributed by atoms with Crippen LogP contribution in [-0.2, 0) is 28.7 Å². The normalized spacial score (nSPS) is 10.8. The molecule has 0 aliphatic carbocycles. The summed E-state index contributed by atoms with van der Waals surface area (Å²) >= 11 is -0.346. The van der Waals surface area contributed by atoms with E-state index in [0.717, 1.165) is 6.54 Å². The Morgan fingerprint density at radius 2 is 1.54 bits per heavy atom. The predicted octanol–water partition coefficient (Wildman–Crippen LogP) is 4.84. The Labute approximate surface area is 157 Å². The van der Waals surface area contributed by atoms with Gasteiger partial charge in [-0.3, -0.25) is 0 Å². The van der Waals surface area contributed by atoms with Crippen LogP contribution in [0.3, 0.4) is 0 Å². The number of rotatable bonds is 2. The first kappa shape index (κ1) is 17.4. The molecule has 24 heavy (non-hydrogen) atoms. The zero-order chi connectivity index (χ0) is 16.9. The fraction of sp³-hybridized carbons (Fsp3) is 0.105. The van der Waals surface area contributed by atoms with Gasteiger partial charge in [-0.15, -0.1) is 0 Å². The first-order valence-corrected chi connectivity index (χ1v) is 11.9. The van der Waals surface area contributed by atoms with Crippen molar-refractivity contribution in [3.8, 4) is 0 Å². The van der Waals surface area contributed by atoms with Gasteiger partial charge in [-0.05, 0) is 40.0 Å². The van der Waals surface area contributed by atoms with Gasteiger partial charge in [0.1, 0.15) is 0 Å². The Hall–Kier alpha value is -1.41. The Morgan fingerprint density at radius 3 is 2.04 bits per heavy atom. The maximum absolute atomic E-state index is 4.85. The molecule has 124 valence electrons. The molecule has 0 atom stereocenters. The molecule has 0 spiro atoms. The van der Waals surface area contributed by atoms with E-state index in [1.165, 1.54) is 27.1 Å². The van der Waals surface area contributed by atoms with E-state index >= 15 is 0 Å². The monoisotopic (exact) mass is 444 g/mol. The fourth-order valence-electron chi connectivity index (χ4n) is 2.99. The minimum absolute atomic E-state index is 0.346. The van der Waals surface area contributed by atoms with Gasteiger partial charge in [0, 0.05) is 5.56 Å². The topological polar surface area (TPSA) is 8.81 Å². The molecule has 3 aromatic carbocycles. The van der Waals surface area contributed by atoms with Crippen LogP contribution in [0.15, 0.2) is 67.0 Å². The molecule has 2 nitrogen and oxygen atoms in total.